The van der Waals surface area contributed by atoms with Gasteiger partial charge in [0.1, 0.15) is 0 Å². The maximum absolute atomic E-state index is 12.8. The summed E-state index contributed by atoms with van der Waals surface area (Å²) in [6.07, 6.45) is 1.70. The molecule has 0 aliphatic carbocycles. The Kier molecular flexibility index (Phi) is 5.52. The van der Waals surface area contributed by atoms with Gasteiger partial charge in [0, 0.05) is 3.57 Å². The van der Waals surface area contributed by atoms with E-state index in [0.717, 1.165) is 3.57 Å². The van der Waals surface area contributed by atoms with E-state index < -0.39 is 0 Å². The molecule has 2 aromatic carbocycles. The van der Waals surface area contributed by atoms with Crippen LogP contribution in [0.5, 0.6) is 11.5 Å². The molecule has 0 unspecified atom stereocenters. The number of hydrazone groups is 1. The second kappa shape index (κ2) is 7.67. The molecular formula is C19H16ClIN2O3. The van der Waals surface area contributed by atoms with Gasteiger partial charge in [0.2, 0.25) is 0 Å². The number of rotatable bonds is 4. The van der Waals surface area contributed by atoms with Crippen LogP contribution in [-0.2, 0) is 4.79 Å². The van der Waals surface area contributed by atoms with E-state index >= 15 is 0 Å². The van der Waals surface area contributed by atoms with E-state index in [2.05, 4.69) is 27.7 Å². The van der Waals surface area contributed by atoms with Crippen molar-refractivity contribution in [3.05, 3.63) is 56.1 Å². The first-order valence-electron chi connectivity index (χ1n) is 7.93. The number of amides is 1. The summed E-state index contributed by atoms with van der Waals surface area (Å²) in [5, 5.41) is 15.9. The molecule has 0 aromatic heterocycles. The van der Waals surface area contributed by atoms with Gasteiger partial charge in [0.05, 0.1) is 28.6 Å². The summed E-state index contributed by atoms with van der Waals surface area (Å²) >= 11 is 8.27. The molecule has 7 heteroatoms. The number of hydrogen-bond donors (Lipinski definition) is 1. The number of carbonyl (C=O) groups is 1. The maximum atomic E-state index is 12.8. The van der Waals surface area contributed by atoms with Crippen LogP contribution in [0.15, 0.2) is 47.1 Å². The summed E-state index contributed by atoms with van der Waals surface area (Å²) in [4.78, 5) is 12.8. The van der Waals surface area contributed by atoms with Gasteiger partial charge in [-0.3, -0.25) is 4.79 Å². The highest BCUT2D eigenvalue weighted by Crippen LogP contribution is 2.36. The Hall–Kier alpha value is -2.06. The van der Waals surface area contributed by atoms with E-state index in [1.54, 1.807) is 25.1 Å². The van der Waals surface area contributed by atoms with Gasteiger partial charge in [-0.05, 0) is 84.5 Å². The van der Waals surface area contributed by atoms with E-state index in [-0.39, 0.29) is 22.4 Å². The first-order chi connectivity index (χ1) is 12.4. The first kappa shape index (κ1) is 18.7. The predicted octanol–water partition coefficient (Wildman–Crippen LogP) is 4.86. The first-order valence-corrected chi connectivity index (χ1v) is 9.39. The molecule has 1 amide bonds. The molecular weight excluding hydrogens is 467 g/mol. The average molecular weight is 483 g/mol. The van der Waals surface area contributed by atoms with E-state index in [0.29, 0.717) is 29.1 Å². The molecule has 0 bridgehead atoms. The van der Waals surface area contributed by atoms with Crippen LogP contribution in [0, 0.1) is 3.57 Å². The lowest BCUT2D eigenvalue weighted by Gasteiger charge is -2.12. The molecule has 1 N–H and O–H groups in total. The summed E-state index contributed by atoms with van der Waals surface area (Å²) in [6, 6.07) is 10.8. The minimum absolute atomic E-state index is 0.112. The van der Waals surface area contributed by atoms with Crippen molar-refractivity contribution in [3.63, 3.8) is 0 Å². The Morgan fingerprint density at radius 1 is 1.31 bits per heavy atom. The zero-order valence-electron chi connectivity index (χ0n) is 14.2. The summed E-state index contributed by atoms with van der Waals surface area (Å²) in [6.45, 7) is 3.99. The summed E-state index contributed by atoms with van der Waals surface area (Å²) in [7, 11) is 0. The lowest BCUT2D eigenvalue weighted by atomic mass is 10.1. The molecule has 0 spiro atoms. The molecule has 2 aromatic rings. The highest BCUT2D eigenvalue weighted by molar-refractivity contribution is 14.1. The van der Waals surface area contributed by atoms with E-state index in [4.69, 9.17) is 16.3 Å². The summed E-state index contributed by atoms with van der Waals surface area (Å²) < 4.78 is 6.47. The number of halogens is 2. The zero-order valence-corrected chi connectivity index (χ0v) is 17.1. The second-order valence-corrected chi connectivity index (χ2v) is 7.27. The van der Waals surface area contributed by atoms with Gasteiger partial charge in [-0.1, -0.05) is 11.6 Å². The quantitative estimate of drug-likeness (QED) is 0.500. The van der Waals surface area contributed by atoms with Crippen molar-refractivity contribution in [3.8, 4) is 11.5 Å². The minimum atomic E-state index is -0.217. The monoisotopic (exact) mass is 482 g/mol. The topological polar surface area (TPSA) is 62.1 Å². The van der Waals surface area contributed by atoms with Crippen molar-refractivity contribution in [1.29, 1.82) is 0 Å². The number of aromatic hydroxyl groups is 1. The second-order valence-electron chi connectivity index (χ2n) is 5.62. The molecule has 0 fully saturated rings. The number of phenols is 1. The number of phenolic OH excluding ortho intramolecular Hbond substituents is 1. The molecule has 26 heavy (non-hydrogen) atoms. The number of anilines is 1. The summed E-state index contributed by atoms with van der Waals surface area (Å²) in [5.74, 6) is -0.0495. The molecule has 0 saturated heterocycles. The van der Waals surface area contributed by atoms with Crippen LogP contribution in [-0.4, -0.2) is 23.3 Å². The molecule has 134 valence electrons. The highest BCUT2D eigenvalue weighted by Gasteiger charge is 2.28. The molecule has 1 aliphatic rings. The third-order valence-corrected chi connectivity index (χ3v) is 4.80. The Bertz CT molecular complexity index is 923. The Morgan fingerprint density at radius 2 is 2.00 bits per heavy atom. The van der Waals surface area contributed by atoms with Gasteiger partial charge in [-0.25, -0.2) is 0 Å². The number of nitrogens with zero attached hydrogens (tertiary/aromatic N) is 2. The Balaban J connectivity index is 1.96. The van der Waals surface area contributed by atoms with E-state index in [1.807, 2.05) is 31.2 Å². The molecule has 3 rings (SSSR count). The van der Waals surface area contributed by atoms with Crippen molar-refractivity contribution in [2.24, 2.45) is 5.10 Å². The van der Waals surface area contributed by atoms with Crippen molar-refractivity contribution < 1.29 is 14.6 Å². The van der Waals surface area contributed by atoms with Crippen LogP contribution in [0.1, 0.15) is 19.4 Å². The van der Waals surface area contributed by atoms with Crippen molar-refractivity contribution in [1.82, 2.24) is 0 Å². The molecule has 0 saturated carbocycles. The SMILES string of the molecule is CCOc1cc(/C=C2/C(=O)N(c3ccc(I)cc3)N=C2C)cc(Cl)c1O. The standard InChI is InChI=1S/C19H16ClIN2O3/c1-3-26-17-10-12(9-16(20)18(17)24)8-15-11(2)22-23(19(15)25)14-6-4-13(21)5-7-14/h4-10,24H,3H2,1-2H3/b15-8+. The fraction of sp³-hybridized carbons (Fsp3) is 0.158. The predicted molar refractivity (Wildman–Crippen MR) is 112 cm³/mol. The van der Waals surface area contributed by atoms with Crippen LogP contribution >= 0.6 is 34.2 Å². The van der Waals surface area contributed by atoms with Crippen molar-refractivity contribution >= 4 is 57.6 Å². The Labute approximate surface area is 170 Å². The fourth-order valence-corrected chi connectivity index (χ4v) is 3.13. The number of carbonyl (C=O) groups excluding carboxylic acids is 1. The van der Waals surface area contributed by atoms with E-state index in [1.165, 1.54) is 5.01 Å². The number of benzene rings is 2. The van der Waals surface area contributed by atoms with Gasteiger partial charge in [0.25, 0.3) is 5.91 Å². The van der Waals surface area contributed by atoms with Gasteiger partial charge in [-0.15, -0.1) is 0 Å². The fourth-order valence-electron chi connectivity index (χ4n) is 2.55. The maximum Gasteiger partial charge on any atom is 0.280 e. The highest BCUT2D eigenvalue weighted by atomic mass is 127. The molecule has 1 aliphatic heterocycles. The number of ether oxygens (including phenoxy) is 1. The van der Waals surface area contributed by atoms with Gasteiger partial charge < -0.3 is 9.84 Å². The van der Waals surface area contributed by atoms with Gasteiger partial charge in [-0.2, -0.15) is 10.1 Å². The van der Waals surface area contributed by atoms with Crippen LogP contribution in [0.25, 0.3) is 6.08 Å². The van der Waals surface area contributed by atoms with Crippen LogP contribution in [0.3, 0.4) is 0 Å². The van der Waals surface area contributed by atoms with Crippen molar-refractivity contribution in [2.45, 2.75) is 13.8 Å². The average Bonchev–Trinajstić information content (AvgIpc) is 2.88. The van der Waals surface area contributed by atoms with Crippen LogP contribution in [0.4, 0.5) is 5.69 Å². The molecule has 0 atom stereocenters. The smallest absolute Gasteiger partial charge is 0.280 e. The van der Waals surface area contributed by atoms with Gasteiger partial charge in [0.15, 0.2) is 11.5 Å². The van der Waals surface area contributed by atoms with E-state index in [9.17, 15) is 9.90 Å². The van der Waals surface area contributed by atoms with Gasteiger partial charge >= 0.3 is 0 Å². The lowest BCUT2D eigenvalue weighted by Crippen LogP contribution is -2.21. The molecule has 1 heterocycles. The van der Waals surface area contributed by atoms with Crippen LogP contribution < -0.4 is 9.75 Å². The third kappa shape index (κ3) is 3.71. The van der Waals surface area contributed by atoms with Crippen LogP contribution in [0.2, 0.25) is 5.02 Å². The zero-order chi connectivity index (χ0) is 18.8. The molecule has 0 radical (unpaired) electrons. The Morgan fingerprint density at radius 3 is 2.65 bits per heavy atom. The normalized spacial score (nSPS) is 15.5. The summed E-state index contributed by atoms with van der Waals surface area (Å²) in [5.41, 5.74) is 2.43. The lowest BCUT2D eigenvalue weighted by molar-refractivity contribution is -0.114. The third-order valence-electron chi connectivity index (χ3n) is 3.80. The molecule has 5 nitrogen and oxygen atoms in total. The van der Waals surface area contributed by atoms with Crippen molar-refractivity contribution in [2.75, 3.05) is 11.6 Å². The number of hydrogen-bond acceptors (Lipinski definition) is 4. The minimum Gasteiger partial charge on any atom is -0.503 e. The largest absolute Gasteiger partial charge is 0.503 e.